The van der Waals surface area contributed by atoms with Crippen LogP contribution in [-0.4, -0.2) is 12.8 Å². The van der Waals surface area contributed by atoms with E-state index in [-0.39, 0.29) is 5.41 Å². The van der Waals surface area contributed by atoms with E-state index in [0.29, 0.717) is 6.61 Å². The van der Waals surface area contributed by atoms with Crippen LogP contribution in [0.25, 0.3) is 0 Å². The van der Waals surface area contributed by atoms with Gasteiger partial charge in [0.05, 0.1) is 12.8 Å². The molecule has 1 saturated carbocycles. The SMILES string of the molecule is COc1ccc(COc2ccc3c(c2)/C(=N\C#N)C2(CCCCC2)C3)cc1. The van der Waals surface area contributed by atoms with Gasteiger partial charge in [-0.15, -0.1) is 0 Å². The number of benzene rings is 2. The van der Waals surface area contributed by atoms with E-state index in [1.807, 2.05) is 36.5 Å². The van der Waals surface area contributed by atoms with Gasteiger partial charge in [0.15, 0.2) is 0 Å². The molecule has 0 aliphatic heterocycles. The quantitative estimate of drug-likeness (QED) is 0.717. The van der Waals surface area contributed by atoms with Crippen molar-refractivity contribution >= 4 is 5.71 Å². The summed E-state index contributed by atoms with van der Waals surface area (Å²) in [7, 11) is 1.66. The Morgan fingerprint density at radius 3 is 2.48 bits per heavy atom. The maximum atomic E-state index is 9.25. The first-order valence-electron chi connectivity index (χ1n) is 9.60. The van der Waals surface area contributed by atoms with E-state index in [0.717, 1.165) is 47.6 Å². The standard InChI is InChI=1S/C23H24N2O2/c1-26-19-8-5-17(6-9-19)15-27-20-10-7-18-14-23(11-3-2-4-12-23)22(25-16-24)21(18)13-20/h5-10,13H,2-4,11-12,14-15H2,1H3/b25-22+. The molecule has 0 radical (unpaired) electrons. The molecule has 2 aromatic rings. The van der Waals surface area contributed by atoms with E-state index >= 15 is 0 Å². The van der Waals surface area contributed by atoms with Crippen molar-refractivity contribution in [3.05, 3.63) is 59.2 Å². The molecule has 2 aliphatic rings. The highest BCUT2D eigenvalue weighted by molar-refractivity contribution is 6.09. The Morgan fingerprint density at radius 1 is 1.04 bits per heavy atom. The lowest BCUT2D eigenvalue weighted by atomic mass is 9.71. The number of hydrogen-bond acceptors (Lipinski definition) is 4. The number of rotatable bonds is 4. The zero-order chi connectivity index (χ0) is 18.7. The number of aliphatic imine (C=N–C) groups is 1. The lowest BCUT2D eigenvalue weighted by molar-refractivity contribution is 0.291. The first kappa shape index (κ1) is 17.6. The number of nitrogens with zero attached hydrogens (tertiary/aromatic N) is 2. The van der Waals surface area contributed by atoms with E-state index in [1.165, 1.54) is 24.8 Å². The largest absolute Gasteiger partial charge is 0.497 e. The van der Waals surface area contributed by atoms with Crippen LogP contribution >= 0.6 is 0 Å². The van der Waals surface area contributed by atoms with Crippen LogP contribution < -0.4 is 9.47 Å². The van der Waals surface area contributed by atoms with Gasteiger partial charge in [0.1, 0.15) is 18.1 Å². The molecular formula is C23H24N2O2. The van der Waals surface area contributed by atoms with Gasteiger partial charge in [-0.25, -0.2) is 0 Å². The van der Waals surface area contributed by atoms with Gasteiger partial charge in [-0.05, 0) is 54.7 Å². The minimum atomic E-state index is 0.0604. The molecule has 0 N–H and O–H groups in total. The van der Waals surface area contributed by atoms with E-state index in [1.54, 1.807) is 7.11 Å². The van der Waals surface area contributed by atoms with Crippen molar-refractivity contribution in [2.24, 2.45) is 10.4 Å². The Labute approximate surface area is 160 Å². The molecule has 1 fully saturated rings. The molecule has 4 rings (SSSR count). The second kappa shape index (κ2) is 7.44. The molecule has 0 bridgehead atoms. The Kier molecular flexibility index (Phi) is 4.85. The number of ether oxygens (including phenoxy) is 2. The van der Waals surface area contributed by atoms with Crippen LogP contribution in [0.2, 0.25) is 0 Å². The highest BCUT2D eigenvalue weighted by atomic mass is 16.5. The predicted octanol–water partition coefficient (Wildman–Crippen LogP) is 5.05. The van der Waals surface area contributed by atoms with Crippen molar-refractivity contribution in [3.63, 3.8) is 0 Å². The van der Waals surface area contributed by atoms with E-state index in [2.05, 4.69) is 17.1 Å². The van der Waals surface area contributed by atoms with Crippen LogP contribution in [0, 0.1) is 16.9 Å². The molecule has 4 nitrogen and oxygen atoms in total. The Morgan fingerprint density at radius 2 is 1.78 bits per heavy atom. The topological polar surface area (TPSA) is 54.6 Å². The van der Waals surface area contributed by atoms with Gasteiger partial charge < -0.3 is 9.47 Å². The van der Waals surface area contributed by atoms with Crippen LogP contribution in [0.15, 0.2) is 47.5 Å². The van der Waals surface area contributed by atoms with E-state index < -0.39 is 0 Å². The average Bonchev–Trinajstić information content (AvgIpc) is 3.00. The maximum Gasteiger partial charge on any atom is 0.205 e. The Bertz CT molecular complexity index is 888. The third-order valence-corrected chi connectivity index (χ3v) is 5.90. The van der Waals surface area contributed by atoms with Gasteiger partial charge in [0.25, 0.3) is 0 Å². The van der Waals surface area contributed by atoms with Crippen molar-refractivity contribution in [1.29, 1.82) is 5.26 Å². The van der Waals surface area contributed by atoms with E-state index in [9.17, 15) is 5.26 Å². The van der Waals surface area contributed by atoms with Crippen LogP contribution in [-0.2, 0) is 13.0 Å². The van der Waals surface area contributed by atoms with E-state index in [4.69, 9.17) is 9.47 Å². The van der Waals surface area contributed by atoms with Crippen molar-refractivity contribution in [3.8, 4) is 17.7 Å². The predicted molar refractivity (Wildman–Crippen MR) is 105 cm³/mol. The molecule has 27 heavy (non-hydrogen) atoms. The fourth-order valence-electron chi connectivity index (χ4n) is 4.51. The molecule has 0 atom stereocenters. The summed E-state index contributed by atoms with van der Waals surface area (Å²) in [4.78, 5) is 4.27. The summed E-state index contributed by atoms with van der Waals surface area (Å²) in [5.41, 5.74) is 4.53. The summed E-state index contributed by atoms with van der Waals surface area (Å²) in [6.07, 6.45) is 9.03. The highest BCUT2D eigenvalue weighted by Gasteiger charge is 2.44. The molecule has 4 heteroatoms. The summed E-state index contributed by atoms with van der Waals surface area (Å²) in [6, 6.07) is 14.1. The smallest absolute Gasteiger partial charge is 0.205 e. The summed E-state index contributed by atoms with van der Waals surface area (Å²) in [5.74, 6) is 1.66. The molecule has 2 aliphatic carbocycles. The van der Waals surface area contributed by atoms with Crippen LogP contribution in [0.4, 0.5) is 0 Å². The molecule has 138 valence electrons. The molecular weight excluding hydrogens is 336 g/mol. The summed E-state index contributed by atoms with van der Waals surface area (Å²) >= 11 is 0. The maximum absolute atomic E-state index is 9.25. The average molecular weight is 360 g/mol. The normalized spacial score (nSPS) is 18.9. The zero-order valence-electron chi connectivity index (χ0n) is 15.7. The molecule has 0 saturated heterocycles. The van der Waals surface area contributed by atoms with Gasteiger partial charge >= 0.3 is 0 Å². The van der Waals surface area contributed by atoms with Crippen LogP contribution in [0.1, 0.15) is 48.8 Å². The fourth-order valence-corrected chi connectivity index (χ4v) is 4.51. The summed E-state index contributed by atoms with van der Waals surface area (Å²) in [6.45, 7) is 0.499. The van der Waals surface area contributed by atoms with Gasteiger partial charge in [0, 0.05) is 11.0 Å². The Balaban J connectivity index is 1.55. The molecule has 1 spiro atoms. The van der Waals surface area contributed by atoms with Gasteiger partial charge in [-0.3, -0.25) is 0 Å². The number of fused-ring (bicyclic) bond motifs is 1. The van der Waals surface area contributed by atoms with Gasteiger partial charge in [-0.2, -0.15) is 10.3 Å². The lowest BCUT2D eigenvalue weighted by Gasteiger charge is -2.33. The van der Waals surface area contributed by atoms with Crippen molar-refractivity contribution in [2.75, 3.05) is 7.11 Å². The zero-order valence-corrected chi connectivity index (χ0v) is 15.7. The van der Waals surface area contributed by atoms with Crippen LogP contribution in [0.3, 0.4) is 0 Å². The number of nitriles is 1. The highest BCUT2D eigenvalue weighted by Crippen LogP contribution is 2.48. The fraction of sp³-hybridized carbons (Fsp3) is 0.391. The summed E-state index contributed by atoms with van der Waals surface area (Å²) in [5, 5.41) is 9.25. The van der Waals surface area contributed by atoms with Gasteiger partial charge in [0.2, 0.25) is 6.19 Å². The summed E-state index contributed by atoms with van der Waals surface area (Å²) < 4.78 is 11.2. The van der Waals surface area contributed by atoms with Crippen LogP contribution in [0.5, 0.6) is 11.5 Å². The molecule has 2 aromatic carbocycles. The first-order valence-corrected chi connectivity index (χ1v) is 9.60. The molecule has 0 unspecified atom stereocenters. The Hall–Kier alpha value is -2.80. The number of hydrogen-bond donors (Lipinski definition) is 0. The molecule has 0 amide bonds. The van der Waals surface area contributed by atoms with Gasteiger partial charge in [-0.1, -0.05) is 37.5 Å². The third-order valence-electron chi connectivity index (χ3n) is 5.90. The number of methoxy groups -OCH3 is 1. The van der Waals surface area contributed by atoms with Crippen molar-refractivity contribution in [1.82, 2.24) is 0 Å². The molecule has 0 heterocycles. The minimum absolute atomic E-state index is 0.0604. The van der Waals surface area contributed by atoms with Crippen molar-refractivity contribution < 1.29 is 9.47 Å². The minimum Gasteiger partial charge on any atom is -0.497 e. The third kappa shape index (κ3) is 3.42. The van der Waals surface area contributed by atoms with Crippen molar-refractivity contribution in [2.45, 2.75) is 45.1 Å². The second-order valence-corrected chi connectivity index (χ2v) is 7.53. The lowest BCUT2D eigenvalue weighted by Crippen LogP contribution is -2.31. The monoisotopic (exact) mass is 360 g/mol. The second-order valence-electron chi connectivity index (χ2n) is 7.53. The first-order chi connectivity index (χ1) is 13.2. The molecule has 0 aromatic heterocycles.